The van der Waals surface area contributed by atoms with Gasteiger partial charge in [0.25, 0.3) is 5.82 Å². The Hall–Kier alpha value is -1.31. The van der Waals surface area contributed by atoms with Gasteiger partial charge >= 0.3 is 0 Å². The molecule has 7 heteroatoms. The van der Waals surface area contributed by atoms with Crippen molar-refractivity contribution in [2.75, 3.05) is 11.5 Å². The molecule has 1 rings (SSSR count). The van der Waals surface area contributed by atoms with Crippen molar-refractivity contribution in [1.29, 1.82) is 0 Å². The van der Waals surface area contributed by atoms with E-state index in [1.54, 1.807) is 0 Å². The summed E-state index contributed by atoms with van der Waals surface area (Å²) < 4.78 is 0. The molecule has 1 unspecified atom stereocenters. The molecule has 1 heterocycles. The zero-order valence-corrected chi connectivity index (χ0v) is 5.09. The topological polar surface area (TPSA) is 134 Å². The molecule has 0 amide bonds. The molecule has 7 nitrogen and oxygen atoms in total. The molecule has 0 aromatic carbocycles. The fourth-order valence-electron chi connectivity index (χ4n) is 0.552. The van der Waals surface area contributed by atoms with Crippen LogP contribution in [0.5, 0.6) is 0 Å². The lowest BCUT2D eigenvalue weighted by Crippen LogP contribution is -3.08. The van der Waals surface area contributed by atoms with Crippen molar-refractivity contribution in [2.24, 2.45) is 5.84 Å². The Bertz CT molecular complexity index is 229. The Morgan fingerprint density at radius 3 is 2.30 bits per heavy atom. The molecule has 0 spiro atoms. The first kappa shape index (κ1) is 6.81. The summed E-state index contributed by atoms with van der Waals surface area (Å²) in [5, 5.41) is 15.5. The molecule has 10 heavy (non-hydrogen) atoms. The van der Waals surface area contributed by atoms with Crippen molar-refractivity contribution in [3.05, 3.63) is 5.21 Å². The van der Waals surface area contributed by atoms with E-state index in [1.807, 2.05) is 0 Å². The number of anilines is 2. The van der Waals surface area contributed by atoms with Gasteiger partial charge in [0.15, 0.2) is 11.5 Å². The largest absolute Gasteiger partial charge is 0.607 e. The van der Waals surface area contributed by atoms with Gasteiger partial charge in [0, 0.05) is 0 Å². The molecule has 0 fully saturated rings. The number of hydrogen-bond acceptors (Lipinski definition) is 5. The van der Waals surface area contributed by atoms with Gasteiger partial charge in [-0.3, -0.25) is 0 Å². The zero-order chi connectivity index (χ0) is 7.72. The molecule has 0 aliphatic carbocycles. The monoisotopic (exact) mass is 144 g/mol. The molecule has 56 valence electrons. The van der Waals surface area contributed by atoms with Crippen LogP contribution in [0.25, 0.3) is 0 Å². The quantitative estimate of drug-likeness (QED) is 0.219. The molecule has 0 radical (unpaired) electrons. The highest BCUT2D eigenvalue weighted by molar-refractivity contribution is 5.67. The van der Waals surface area contributed by atoms with Crippen LogP contribution in [0.15, 0.2) is 0 Å². The maximum atomic E-state index is 10.5. The number of aromatic nitrogens is 2. The Labute approximate surface area is 56.3 Å². The Balaban J connectivity index is 3.05. The van der Waals surface area contributed by atoms with E-state index in [0.29, 0.717) is 0 Å². The molecule has 0 aliphatic heterocycles. The molecule has 1 aromatic heterocycles. The van der Waals surface area contributed by atoms with E-state index in [4.69, 9.17) is 17.3 Å². The van der Waals surface area contributed by atoms with Gasteiger partial charge < -0.3 is 16.7 Å². The maximum absolute atomic E-state index is 10.5. The number of hydrogen-bond donors (Lipinski definition) is 5. The maximum Gasteiger partial charge on any atom is 0.267 e. The first-order valence-corrected chi connectivity index (χ1v) is 2.52. The molecule has 1 atom stereocenters. The normalized spacial score (nSPS) is 13.4. The summed E-state index contributed by atoms with van der Waals surface area (Å²) >= 11 is 0. The van der Waals surface area contributed by atoms with Crippen molar-refractivity contribution < 1.29 is 5.17 Å². The lowest BCUT2D eigenvalue weighted by molar-refractivity contribution is -0.791. The van der Waals surface area contributed by atoms with Crippen molar-refractivity contribution in [1.82, 2.24) is 10.2 Å². The Kier molecular flexibility index (Phi) is 1.45. The number of nitrogens with one attached hydrogen (secondary N) is 2. The average molecular weight is 144 g/mol. The first-order valence-electron chi connectivity index (χ1n) is 2.52. The summed E-state index contributed by atoms with van der Waals surface area (Å²) in [4.78, 5) is 0. The first-order chi connectivity index (χ1) is 4.63. The van der Waals surface area contributed by atoms with Crippen LogP contribution in [0.2, 0.25) is 0 Å². The summed E-state index contributed by atoms with van der Waals surface area (Å²) in [5.41, 5.74) is 10.6. The molecule has 0 saturated heterocycles. The highest BCUT2D eigenvalue weighted by atomic mass is 16.5. The second kappa shape index (κ2) is 2.14. The lowest BCUT2D eigenvalue weighted by Gasteiger charge is -2.10. The predicted molar refractivity (Wildman–Crippen MR) is 35.6 cm³/mol. The third kappa shape index (κ3) is 0.880. The highest BCUT2D eigenvalue weighted by Gasteiger charge is 2.10. The van der Waals surface area contributed by atoms with Crippen LogP contribution in [0.3, 0.4) is 0 Å². The van der Waals surface area contributed by atoms with Gasteiger partial charge in [-0.05, 0) is 0 Å². The van der Waals surface area contributed by atoms with E-state index >= 15 is 0 Å². The van der Waals surface area contributed by atoms with Gasteiger partial charge in [0.2, 0.25) is 0 Å². The van der Waals surface area contributed by atoms with E-state index in [9.17, 15) is 5.21 Å². The van der Waals surface area contributed by atoms with Crippen LogP contribution in [-0.4, -0.2) is 10.2 Å². The van der Waals surface area contributed by atoms with Gasteiger partial charge in [0.1, 0.15) is 0 Å². The van der Waals surface area contributed by atoms with Gasteiger partial charge in [-0.2, -0.15) is 10.9 Å². The lowest BCUT2D eigenvalue weighted by atomic mass is 10.5. The SMILES string of the molecule is Nc1n[nH]c([NH+](N)[O-])c1N. The fourth-order valence-corrected chi connectivity index (χ4v) is 0.552. The number of nitrogens with two attached hydrogens (primary N) is 3. The van der Waals surface area contributed by atoms with Gasteiger partial charge in [-0.25, -0.2) is 10.3 Å². The number of aromatic amines is 1. The summed E-state index contributed by atoms with van der Waals surface area (Å²) in [6, 6.07) is 0. The highest BCUT2D eigenvalue weighted by Crippen LogP contribution is 2.15. The standard InChI is InChI=1S/C3H8N6O/c4-1-2(5)7-8-3(1)9(6)10/h9H,4,6H2,(H3,5,7,8). The van der Waals surface area contributed by atoms with Gasteiger partial charge in [-0.1, -0.05) is 0 Å². The molecular weight excluding hydrogens is 136 g/mol. The van der Waals surface area contributed by atoms with E-state index in [-0.39, 0.29) is 17.3 Å². The minimum absolute atomic E-state index is 0.0532. The Morgan fingerprint density at radius 1 is 1.50 bits per heavy atom. The van der Waals surface area contributed by atoms with E-state index in [1.165, 1.54) is 0 Å². The van der Waals surface area contributed by atoms with E-state index < -0.39 is 5.17 Å². The van der Waals surface area contributed by atoms with Crippen LogP contribution in [-0.2, 0) is 0 Å². The third-order valence-corrected chi connectivity index (χ3v) is 1.08. The predicted octanol–water partition coefficient (Wildman–Crippen LogP) is -2.54. The van der Waals surface area contributed by atoms with Crippen LogP contribution in [0.1, 0.15) is 0 Å². The number of nitrogens with zero attached hydrogens (tertiary/aromatic N) is 1. The van der Waals surface area contributed by atoms with Crippen molar-refractivity contribution in [3.63, 3.8) is 0 Å². The van der Waals surface area contributed by atoms with Gasteiger partial charge in [0.05, 0.1) is 0 Å². The second-order valence-electron chi connectivity index (χ2n) is 1.76. The third-order valence-electron chi connectivity index (χ3n) is 1.08. The van der Waals surface area contributed by atoms with Crippen LogP contribution in [0.4, 0.5) is 17.3 Å². The minimum Gasteiger partial charge on any atom is -0.607 e. The van der Waals surface area contributed by atoms with Crippen LogP contribution >= 0.6 is 0 Å². The van der Waals surface area contributed by atoms with Crippen LogP contribution < -0.4 is 22.5 Å². The molecule has 0 bridgehead atoms. The Morgan fingerprint density at radius 2 is 2.10 bits per heavy atom. The van der Waals surface area contributed by atoms with Crippen LogP contribution in [0, 0.1) is 5.21 Å². The van der Waals surface area contributed by atoms with E-state index in [2.05, 4.69) is 10.2 Å². The summed E-state index contributed by atoms with van der Waals surface area (Å²) in [6.07, 6.45) is 0. The minimum atomic E-state index is -0.665. The smallest absolute Gasteiger partial charge is 0.267 e. The fraction of sp³-hybridized carbons (Fsp3) is 0. The molecular formula is C3H8N6O. The number of rotatable bonds is 1. The number of quaternary nitrogens is 1. The summed E-state index contributed by atoms with van der Waals surface area (Å²) in [6.45, 7) is 0. The summed E-state index contributed by atoms with van der Waals surface area (Å²) in [7, 11) is 0. The molecule has 0 aliphatic rings. The van der Waals surface area contributed by atoms with Crippen molar-refractivity contribution >= 4 is 17.3 Å². The van der Waals surface area contributed by atoms with Gasteiger partial charge in [-0.15, -0.1) is 0 Å². The average Bonchev–Trinajstić information content (AvgIpc) is 2.14. The number of H-pyrrole nitrogens is 1. The van der Waals surface area contributed by atoms with Crippen molar-refractivity contribution in [3.8, 4) is 0 Å². The number of nitrogen functional groups attached to an aromatic ring is 3. The molecule has 0 saturated carbocycles. The second-order valence-corrected chi connectivity index (χ2v) is 1.76. The van der Waals surface area contributed by atoms with Crippen molar-refractivity contribution in [2.45, 2.75) is 0 Å². The summed E-state index contributed by atoms with van der Waals surface area (Å²) in [5.74, 6) is 5.03. The van der Waals surface area contributed by atoms with E-state index in [0.717, 1.165) is 0 Å². The zero-order valence-electron chi connectivity index (χ0n) is 5.09. The molecule has 1 aromatic rings. The molecule has 8 N–H and O–H groups in total.